The molecular formula is C24H22N2O3S. The number of hydrogen-bond acceptors (Lipinski definition) is 4. The van der Waals surface area contributed by atoms with E-state index in [0.29, 0.717) is 22.8 Å². The Morgan fingerprint density at radius 1 is 1.07 bits per heavy atom. The van der Waals surface area contributed by atoms with Crippen LogP contribution in [0.25, 0.3) is 0 Å². The summed E-state index contributed by atoms with van der Waals surface area (Å²) in [5.41, 5.74) is 4.05. The average Bonchev–Trinajstić information content (AvgIpc) is 3.15. The van der Waals surface area contributed by atoms with Gasteiger partial charge in [0.1, 0.15) is 11.1 Å². The van der Waals surface area contributed by atoms with E-state index in [4.69, 9.17) is 4.74 Å². The number of carbonyl (C=O) groups is 2. The number of aryl methyl sites for hydroxylation is 1. The van der Waals surface area contributed by atoms with Crippen LogP contribution in [0.1, 0.15) is 26.9 Å². The highest BCUT2D eigenvalue weighted by molar-refractivity contribution is 8.00. The van der Waals surface area contributed by atoms with Crippen molar-refractivity contribution in [2.45, 2.75) is 12.3 Å². The number of nitrogens with zero attached hydrogens (tertiary/aromatic N) is 1. The SMILES string of the molecule is COc1ccc(C)cc1N1C(=O)CS[C@H]1c1cccc(NC(=O)c2ccccc2)c1. The smallest absolute Gasteiger partial charge is 0.255 e. The Labute approximate surface area is 180 Å². The first kappa shape index (κ1) is 20.0. The van der Waals surface area contributed by atoms with Gasteiger partial charge in [0.25, 0.3) is 5.91 Å². The molecule has 1 fully saturated rings. The molecule has 0 aliphatic carbocycles. The molecule has 0 saturated carbocycles. The van der Waals surface area contributed by atoms with E-state index in [2.05, 4.69) is 5.32 Å². The first-order valence-corrected chi connectivity index (χ1v) is 10.7. The lowest BCUT2D eigenvalue weighted by Crippen LogP contribution is -2.28. The van der Waals surface area contributed by atoms with Gasteiger partial charge in [-0.05, 0) is 54.4 Å². The van der Waals surface area contributed by atoms with Crippen LogP contribution in [0, 0.1) is 6.92 Å². The molecule has 0 bridgehead atoms. The third-order valence-corrected chi connectivity index (χ3v) is 6.14. The van der Waals surface area contributed by atoms with Crippen molar-refractivity contribution in [3.63, 3.8) is 0 Å². The van der Waals surface area contributed by atoms with Crippen LogP contribution in [-0.4, -0.2) is 24.7 Å². The second kappa shape index (κ2) is 8.63. The number of amides is 2. The second-order valence-corrected chi connectivity index (χ2v) is 8.12. The summed E-state index contributed by atoms with van der Waals surface area (Å²) < 4.78 is 5.51. The Morgan fingerprint density at radius 3 is 2.63 bits per heavy atom. The minimum absolute atomic E-state index is 0.0348. The monoisotopic (exact) mass is 418 g/mol. The molecule has 1 aliphatic heterocycles. The topological polar surface area (TPSA) is 58.6 Å². The number of ether oxygens (including phenoxy) is 1. The molecule has 1 atom stereocenters. The molecule has 1 N–H and O–H groups in total. The summed E-state index contributed by atoms with van der Waals surface area (Å²) in [7, 11) is 1.61. The highest BCUT2D eigenvalue weighted by atomic mass is 32.2. The predicted octanol–water partition coefficient (Wildman–Crippen LogP) is 5.03. The molecule has 1 heterocycles. The highest BCUT2D eigenvalue weighted by Crippen LogP contribution is 2.45. The molecule has 3 aromatic carbocycles. The fraction of sp³-hybridized carbons (Fsp3) is 0.167. The number of thioether (sulfide) groups is 1. The molecule has 0 unspecified atom stereocenters. The summed E-state index contributed by atoms with van der Waals surface area (Å²) >= 11 is 1.56. The lowest BCUT2D eigenvalue weighted by molar-refractivity contribution is -0.115. The fourth-order valence-electron chi connectivity index (χ4n) is 3.48. The molecular weight excluding hydrogens is 396 g/mol. The summed E-state index contributed by atoms with van der Waals surface area (Å²) in [6.07, 6.45) is 0. The van der Waals surface area contributed by atoms with Crippen LogP contribution in [0.2, 0.25) is 0 Å². The van der Waals surface area contributed by atoms with Crippen LogP contribution in [0.3, 0.4) is 0 Å². The van der Waals surface area contributed by atoms with Crippen molar-refractivity contribution in [3.05, 3.63) is 89.5 Å². The van der Waals surface area contributed by atoms with E-state index in [9.17, 15) is 9.59 Å². The normalized spacial score (nSPS) is 15.9. The summed E-state index contributed by atoms with van der Waals surface area (Å²) in [6, 6.07) is 22.5. The lowest BCUT2D eigenvalue weighted by atomic mass is 10.1. The molecule has 1 aliphatic rings. The molecule has 6 heteroatoms. The van der Waals surface area contributed by atoms with Gasteiger partial charge in [-0.1, -0.05) is 36.4 Å². The van der Waals surface area contributed by atoms with Crippen LogP contribution in [0.15, 0.2) is 72.8 Å². The maximum Gasteiger partial charge on any atom is 0.255 e. The van der Waals surface area contributed by atoms with Gasteiger partial charge in [0, 0.05) is 11.3 Å². The van der Waals surface area contributed by atoms with E-state index in [-0.39, 0.29) is 17.2 Å². The quantitative estimate of drug-likeness (QED) is 0.631. The molecule has 0 radical (unpaired) electrons. The van der Waals surface area contributed by atoms with E-state index in [1.807, 2.05) is 67.6 Å². The zero-order valence-electron chi connectivity index (χ0n) is 16.8. The van der Waals surface area contributed by atoms with Crippen LogP contribution >= 0.6 is 11.8 Å². The Balaban J connectivity index is 1.63. The maximum atomic E-state index is 12.8. The predicted molar refractivity (Wildman–Crippen MR) is 121 cm³/mol. The molecule has 1 saturated heterocycles. The van der Waals surface area contributed by atoms with Gasteiger partial charge in [-0.2, -0.15) is 0 Å². The van der Waals surface area contributed by atoms with Crippen LogP contribution in [0.5, 0.6) is 5.75 Å². The van der Waals surface area contributed by atoms with Gasteiger partial charge in [0.15, 0.2) is 0 Å². The number of hydrogen-bond donors (Lipinski definition) is 1. The highest BCUT2D eigenvalue weighted by Gasteiger charge is 2.35. The van der Waals surface area contributed by atoms with Gasteiger partial charge >= 0.3 is 0 Å². The van der Waals surface area contributed by atoms with Gasteiger partial charge in [-0.3, -0.25) is 14.5 Å². The van der Waals surface area contributed by atoms with Crippen molar-refractivity contribution >= 4 is 35.0 Å². The molecule has 152 valence electrons. The van der Waals surface area contributed by atoms with Crippen molar-refractivity contribution in [1.82, 2.24) is 0 Å². The van der Waals surface area contributed by atoms with Gasteiger partial charge < -0.3 is 10.1 Å². The van der Waals surface area contributed by atoms with Crippen molar-refractivity contribution in [2.24, 2.45) is 0 Å². The van der Waals surface area contributed by atoms with E-state index in [1.54, 1.807) is 35.9 Å². The number of carbonyl (C=O) groups excluding carboxylic acids is 2. The van der Waals surface area contributed by atoms with Crippen molar-refractivity contribution in [2.75, 3.05) is 23.1 Å². The van der Waals surface area contributed by atoms with Gasteiger partial charge in [-0.15, -0.1) is 11.8 Å². The van der Waals surface area contributed by atoms with Gasteiger partial charge in [-0.25, -0.2) is 0 Å². The molecule has 4 rings (SSSR count). The number of benzene rings is 3. The van der Waals surface area contributed by atoms with Crippen molar-refractivity contribution in [1.29, 1.82) is 0 Å². The van der Waals surface area contributed by atoms with Crippen LogP contribution in [0.4, 0.5) is 11.4 Å². The summed E-state index contributed by atoms with van der Waals surface area (Å²) in [5.74, 6) is 0.922. The van der Waals surface area contributed by atoms with E-state index in [1.165, 1.54) is 0 Å². The zero-order valence-corrected chi connectivity index (χ0v) is 17.6. The summed E-state index contributed by atoms with van der Waals surface area (Å²) in [4.78, 5) is 27.1. The molecule has 3 aromatic rings. The first-order valence-electron chi connectivity index (χ1n) is 9.61. The first-order chi connectivity index (χ1) is 14.6. The fourth-order valence-corrected chi connectivity index (χ4v) is 4.64. The molecule has 5 nitrogen and oxygen atoms in total. The average molecular weight is 419 g/mol. The Kier molecular flexibility index (Phi) is 5.77. The molecule has 2 amide bonds. The number of rotatable bonds is 5. The van der Waals surface area contributed by atoms with Gasteiger partial charge in [0.05, 0.1) is 18.6 Å². The summed E-state index contributed by atoms with van der Waals surface area (Å²) in [6.45, 7) is 1.99. The Hall–Kier alpha value is -3.25. The minimum Gasteiger partial charge on any atom is -0.495 e. The van der Waals surface area contributed by atoms with Crippen LogP contribution < -0.4 is 15.0 Å². The Bertz CT molecular complexity index is 1080. The second-order valence-electron chi connectivity index (χ2n) is 7.05. The van der Waals surface area contributed by atoms with Gasteiger partial charge in [0.2, 0.25) is 5.91 Å². The van der Waals surface area contributed by atoms with Crippen molar-refractivity contribution in [3.8, 4) is 5.75 Å². The summed E-state index contributed by atoms with van der Waals surface area (Å²) in [5, 5.41) is 2.75. The Morgan fingerprint density at radius 2 is 1.87 bits per heavy atom. The molecule has 0 aromatic heterocycles. The largest absolute Gasteiger partial charge is 0.495 e. The standard InChI is InChI=1S/C24H22N2O3S/c1-16-11-12-21(29-2)20(13-16)26-22(27)15-30-24(26)18-9-6-10-19(14-18)25-23(28)17-7-4-3-5-8-17/h3-14,24H,15H2,1-2H3,(H,25,28)/t24-/m0/s1. The van der Waals surface area contributed by atoms with E-state index < -0.39 is 0 Å². The van der Waals surface area contributed by atoms with Crippen molar-refractivity contribution < 1.29 is 14.3 Å². The molecule has 0 spiro atoms. The maximum absolute atomic E-state index is 12.8. The van der Waals surface area contributed by atoms with E-state index >= 15 is 0 Å². The number of nitrogens with one attached hydrogen (secondary N) is 1. The van der Waals surface area contributed by atoms with Crippen LogP contribution in [-0.2, 0) is 4.79 Å². The minimum atomic E-state index is -0.193. The number of anilines is 2. The number of methoxy groups -OCH3 is 1. The third kappa shape index (κ3) is 4.04. The third-order valence-electron chi connectivity index (χ3n) is 4.93. The zero-order chi connectivity index (χ0) is 21.1. The van der Waals surface area contributed by atoms with E-state index in [0.717, 1.165) is 16.8 Å². The lowest BCUT2D eigenvalue weighted by Gasteiger charge is -2.26. The molecule has 30 heavy (non-hydrogen) atoms.